The molecule has 3 rings (SSSR count). The van der Waals surface area contributed by atoms with Crippen molar-refractivity contribution in [3.05, 3.63) is 48.4 Å². The van der Waals surface area contributed by atoms with Gasteiger partial charge in [0.25, 0.3) is 0 Å². The lowest BCUT2D eigenvalue weighted by atomic mass is 10.1. The van der Waals surface area contributed by atoms with E-state index in [1.807, 2.05) is 36.4 Å². The number of furan rings is 1. The molecule has 1 aromatic heterocycles. The van der Waals surface area contributed by atoms with Gasteiger partial charge in [0.05, 0.1) is 6.26 Å². The van der Waals surface area contributed by atoms with Gasteiger partial charge in [-0.25, -0.2) is 0 Å². The van der Waals surface area contributed by atoms with Crippen LogP contribution in [0.1, 0.15) is 18.7 Å². The minimum Gasteiger partial charge on any atom is -0.486 e. The van der Waals surface area contributed by atoms with E-state index in [9.17, 15) is 0 Å². The molecule has 1 N–H and O–H groups in total. The molecule has 19 heavy (non-hydrogen) atoms. The van der Waals surface area contributed by atoms with E-state index in [1.165, 1.54) is 0 Å². The van der Waals surface area contributed by atoms with Crippen LogP contribution >= 0.6 is 0 Å². The van der Waals surface area contributed by atoms with Crippen molar-refractivity contribution in [2.75, 3.05) is 13.2 Å². The smallest absolute Gasteiger partial charge is 0.161 e. The number of fused-ring (bicyclic) bond motifs is 1. The number of rotatable bonds is 4. The largest absolute Gasteiger partial charge is 0.486 e. The van der Waals surface area contributed by atoms with Crippen molar-refractivity contribution in [2.24, 2.45) is 0 Å². The average Bonchev–Trinajstić information content (AvgIpc) is 2.98. The summed E-state index contributed by atoms with van der Waals surface area (Å²) in [7, 11) is 0. The second-order valence-electron chi connectivity index (χ2n) is 4.46. The Balaban J connectivity index is 1.82. The van der Waals surface area contributed by atoms with E-state index < -0.39 is 0 Å². The number of hydrogen-bond acceptors (Lipinski definition) is 4. The highest BCUT2D eigenvalue weighted by atomic mass is 16.6. The van der Waals surface area contributed by atoms with Crippen LogP contribution in [-0.4, -0.2) is 19.3 Å². The van der Waals surface area contributed by atoms with Crippen LogP contribution in [-0.2, 0) is 0 Å². The zero-order valence-electron chi connectivity index (χ0n) is 10.8. The molecule has 4 nitrogen and oxygen atoms in total. The van der Waals surface area contributed by atoms with Gasteiger partial charge in [-0.2, -0.15) is 0 Å². The lowest BCUT2D eigenvalue weighted by molar-refractivity contribution is 0.0560. The Morgan fingerprint density at radius 3 is 2.79 bits per heavy atom. The van der Waals surface area contributed by atoms with Crippen molar-refractivity contribution in [3.8, 4) is 11.5 Å². The van der Waals surface area contributed by atoms with Crippen molar-refractivity contribution in [1.29, 1.82) is 0 Å². The fourth-order valence-electron chi connectivity index (χ4n) is 2.30. The highest BCUT2D eigenvalue weighted by molar-refractivity contribution is 5.41. The molecule has 0 radical (unpaired) electrons. The number of benzene rings is 1. The summed E-state index contributed by atoms with van der Waals surface area (Å²) in [6, 6.07) is 11.6. The van der Waals surface area contributed by atoms with Crippen LogP contribution < -0.4 is 14.8 Å². The first kappa shape index (κ1) is 12.1. The molecule has 0 spiro atoms. The van der Waals surface area contributed by atoms with Crippen LogP contribution in [0.2, 0.25) is 0 Å². The Kier molecular flexibility index (Phi) is 3.42. The van der Waals surface area contributed by atoms with Crippen LogP contribution in [0.15, 0.2) is 47.1 Å². The van der Waals surface area contributed by atoms with E-state index in [2.05, 4.69) is 12.2 Å². The Morgan fingerprint density at radius 2 is 2.05 bits per heavy atom. The molecule has 2 unspecified atom stereocenters. The highest BCUT2D eigenvalue weighted by Gasteiger charge is 2.31. The number of hydrogen-bond donors (Lipinski definition) is 1. The van der Waals surface area contributed by atoms with Gasteiger partial charge in [-0.05, 0) is 30.8 Å². The van der Waals surface area contributed by atoms with Gasteiger partial charge in [0, 0.05) is 0 Å². The van der Waals surface area contributed by atoms with Gasteiger partial charge in [0.1, 0.15) is 18.4 Å². The van der Waals surface area contributed by atoms with E-state index in [1.54, 1.807) is 6.26 Å². The molecule has 0 bridgehead atoms. The summed E-state index contributed by atoms with van der Waals surface area (Å²) in [5.74, 6) is 2.46. The van der Waals surface area contributed by atoms with Gasteiger partial charge < -0.3 is 19.2 Å². The molecule has 1 aromatic carbocycles. The Bertz CT molecular complexity index is 524. The third kappa shape index (κ3) is 2.44. The van der Waals surface area contributed by atoms with Crippen LogP contribution in [0.5, 0.6) is 11.5 Å². The predicted octanol–water partition coefficient (Wildman–Crippen LogP) is 2.77. The molecule has 0 saturated heterocycles. The molecule has 2 heterocycles. The van der Waals surface area contributed by atoms with Crippen LogP contribution in [0.4, 0.5) is 0 Å². The monoisotopic (exact) mass is 259 g/mol. The van der Waals surface area contributed by atoms with Crippen molar-refractivity contribution in [2.45, 2.75) is 19.1 Å². The van der Waals surface area contributed by atoms with E-state index in [-0.39, 0.29) is 12.1 Å². The molecule has 0 aliphatic carbocycles. The number of para-hydroxylation sites is 2. The third-order valence-electron chi connectivity index (χ3n) is 3.18. The summed E-state index contributed by atoms with van der Waals surface area (Å²) in [5.41, 5.74) is 0. The van der Waals surface area contributed by atoms with Crippen LogP contribution in [0.3, 0.4) is 0 Å². The van der Waals surface area contributed by atoms with Crippen molar-refractivity contribution in [3.63, 3.8) is 0 Å². The first-order valence-electron chi connectivity index (χ1n) is 6.53. The third-order valence-corrected chi connectivity index (χ3v) is 3.18. The standard InChI is InChI=1S/C15H17NO3/c1-2-16-15(13-8-5-9-17-13)14-10-18-11-6-3-4-7-12(11)19-14/h3-9,14-16H,2,10H2,1H3. The van der Waals surface area contributed by atoms with E-state index >= 15 is 0 Å². The maximum absolute atomic E-state index is 6.02. The van der Waals surface area contributed by atoms with Gasteiger partial charge in [0.15, 0.2) is 17.6 Å². The summed E-state index contributed by atoms with van der Waals surface area (Å²) in [6.07, 6.45) is 1.58. The van der Waals surface area contributed by atoms with E-state index in [0.29, 0.717) is 6.61 Å². The lowest BCUT2D eigenvalue weighted by Gasteiger charge is -2.31. The fourth-order valence-corrected chi connectivity index (χ4v) is 2.30. The molecule has 2 aromatic rings. The summed E-state index contributed by atoms with van der Waals surface area (Å²) >= 11 is 0. The highest BCUT2D eigenvalue weighted by Crippen LogP contribution is 2.34. The first-order chi connectivity index (χ1) is 9.38. The molecule has 0 saturated carbocycles. The zero-order valence-corrected chi connectivity index (χ0v) is 10.8. The number of nitrogens with one attached hydrogen (secondary N) is 1. The summed E-state index contributed by atoms with van der Waals surface area (Å²) in [5, 5.41) is 3.39. The van der Waals surface area contributed by atoms with Crippen molar-refractivity contribution >= 4 is 0 Å². The van der Waals surface area contributed by atoms with Crippen molar-refractivity contribution < 1.29 is 13.9 Å². The van der Waals surface area contributed by atoms with Gasteiger partial charge in [-0.15, -0.1) is 0 Å². The SMILES string of the molecule is CCNC(c1ccco1)C1COc2ccccc2O1. The average molecular weight is 259 g/mol. The van der Waals surface area contributed by atoms with Gasteiger partial charge in [0.2, 0.25) is 0 Å². The minimum atomic E-state index is -0.0963. The van der Waals surface area contributed by atoms with E-state index in [4.69, 9.17) is 13.9 Å². The topological polar surface area (TPSA) is 43.6 Å². The molecular formula is C15H17NO3. The maximum atomic E-state index is 6.02. The Hall–Kier alpha value is -1.94. The molecule has 1 aliphatic heterocycles. The van der Waals surface area contributed by atoms with Crippen LogP contribution in [0, 0.1) is 0 Å². The first-order valence-corrected chi connectivity index (χ1v) is 6.53. The number of likely N-dealkylation sites (N-methyl/N-ethyl adjacent to an activating group) is 1. The number of ether oxygens (including phenoxy) is 2. The van der Waals surface area contributed by atoms with Crippen molar-refractivity contribution in [1.82, 2.24) is 5.32 Å². The second-order valence-corrected chi connectivity index (χ2v) is 4.46. The molecule has 0 amide bonds. The molecular weight excluding hydrogens is 242 g/mol. The summed E-state index contributed by atoms with van der Waals surface area (Å²) in [4.78, 5) is 0. The Labute approximate surface area is 112 Å². The quantitative estimate of drug-likeness (QED) is 0.917. The predicted molar refractivity (Wildman–Crippen MR) is 71.5 cm³/mol. The van der Waals surface area contributed by atoms with Gasteiger partial charge in [-0.1, -0.05) is 19.1 Å². The van der Waals surface area contributed by atoms with Crippen LogP contribution in [0.25, 0.3) is 0 Å². The zero-order chi connectivity index (χ0) is 13.1. The Morgan fingerprint density at radius 1 is 1.21 bits per heavy atom. The second kappa shape index (κ2) is 5.36. The molecule has 100 valence electrons. The normalized spacial score (nSPS) is 19.1. The molecule has 1 aliphatic rings. The summed E-state index contributed by atoms with van der Waals surface area (Å²) in [6.45, 7) is 3.41. The minimum absolute atomic E-state index is 0.00615. The van der Waals surface area contributed by atoms with Gasteiger partial charge >= 0.3 is 0 Å². The lowest BCUT2D eigenvalue weighted by Crippen LogP contribution is -2.41. The maximum Gasteiger partial charge on any atom is 0.161 e. The molecule has 4 heteroatoms. The van der Waals surface area contributed by atoms with Gasteiger partial charge in [-0.3, -0.25) is 0 Å². The molecule has 0 fully saturated rings. The fraction of sp³-hybridized carbons (Fsp3) is 0.333. The molecule has 2 atom stereocenters. The van der Waals surface area contributed by atoms with E-state index in [0.717, 1.165) is 23.8 Å². The summed E-state index contributed by atoms with van der Waals surface area (Å²) < 4.78 is 17.3.